The molecule has 2 aromatic heterocycles. The van der Waals surface area contributed by atoms with Gasteiger partial charge >= 0.3 is 0 Å². The highest BCUT2D eigenvalue weighted by molar-refractivity contribution is 7.80. The Morgan fingerprint density at radius 1 is 1.07 bits per heavy atom. The molecule has 0 aliphatic rings. The number of hydrogen-bond donors (Lipinski definition) is 2. The van der Waals surface area contributed by atoms with Crippen LogP contribution >= 0.6 is 23.6 Å². The summed E-state index contributed by atoms with van der Waals surface area (Å²) in [5.74, 6) is 0. The third-order valence-corrected chi connectivity index (χ3v) is 6.36. The molecule has 2 N–H and O–H groups in total. The minimum atomic E-state index is 0.765. The monoisotopic (exact) mass is 419 g/mol. The number of hydrogen-bond acceptors (Lipinski definition) is 2. The fraction of sp³-hybridized carbons (Fsp3) is 0.208. The van der Waals surface area contributed by atoms with Gasteiger partial charge in [0, 0.05) is 33.7 Å². The van der Waals surface area contributed by atoms with Crippen LogP contribution in [0.3, 0.4) is 0 Å². The molecule has 0 unspecified atom stereocenters. The van der Waals surface area contributed by atoms with Crippen molar-refractivity contribution >= 4 is 45.3 Å². The maximum absolute atomic E-state index is 5.81. The molecule has 4 rings (SSSR count). The first-order chi connectivity index (χ1) is 14.1. The number of fused-ring (bicyclic) bond motifs is 1. The van der Waals surface area contributed by atoms with Gasteiger partial charge in [-0.1, -0.05) is 36.4 Å². The van der Waals surface area contributed by atoms with E-state index >= 15 is 0 Å². The van der Waals surface area contributed by atoms with Crippen LogP contribution in [0.25, 0.3) is 10.9 Å². The molecule has 0 atom stereocenters. The van der Waals surface area contributed by atoms with Crippen molar-refractivity contribution in [1.29, 1.82) is 0 Å². The highest BCUT2D eigenvalue weighted by atomic mass is 32.1. The third kappa shape index (κ3) is 4.69. The predicted octanol–water partition coefficient (Wildman–Crippen LogP) is 6.29. The first-order valence-corrected chi connectivity index (χ1v) is 11.1. The number of aryl methyl sites for hydroxylation is 2. The summed E-state index contributed by atoms with van der Waals surface area (Å²) in [5, 5.41) is 7.62. The number of benzene rings is 2. The summed E-state index contributed by atoms with van der Waals surface area (Å²) >= 11 is 7.58. The van der Waals surface area contributed by atoms with E-state index in [0.29, 0.717) is 0 Å². The Balaban J connectivity index is 1.53. The highest BCUT2D eigenvalue weighted by Gasteiger charge is 2.14. The molecule has 0 aliphatic heterocycles. The minimum Gasteiger partial charge on any atom is -0.358 e. The van der Waals surface area contributed by atoms with Crippen LogP contribution < -0.4 is 5.32 Å². The zero-order chi connectivity index (χ0) is 20.2. The van der Waals surface area contributed by atoms with Gasteiger partial charge in [0.05, 0.1) is 6.54 Å². The Morgan fingerprint density at radius 3 is 2.72 bits per heavy atom. The second kappa shape index (κ2) is 8.80. The lowest BCUT2D eigenvalue weighted by Crippen LogP contribution is -2.35. The SMILES string of the molecule is Cc1cccc(NC(=S)N(CCc2c(C)[nH]c3ccccc23)Cc2cccs2)c1. The lowest BCUT2D eigenvalue weighted by Gasteiger charge is -2.26. The Hall–Kier alpha value is -2.63. The molecule has 2 aromatic carbocycles. The van der Waals surface area contributed by atoms with Crippen LogP contribution in [0.5, 0.6) is 0 Å². The average Bonchev–Trinajstić information content (AvgIpc) is 3.32. The van der Waals surface area contributed by atoms with E-state index in [0.717, 1.165) is 30.3 Å². The average molecular weight is 420 g/mol. The molecule has 0 spiro atoms. The van der Waals surface area contributed by atoms with Crippen molar-refractivity contribution in [2.75, 3.05) is 11.9 Å². The number of thiophene rings is 1. The maximum Gasteiger partial charge on any atom is 0.173 e. The van der Waals surface area contributed by atoms with Gasteiger partial charge in [-0.15, -0.1) is 11.3 Å². The van der Waals surface area contributed by atoms with Crippen molar-refractivity contribution in [3.63, 3.8) is 0 Å². The quantitative estimate of drug-likeness (QED) is 0.360. The molecular formula is C24H25N3S2. The van der Waals surface area contributed by atoms with Crippen LogP contribution in [0.15, 0.2) is 66.0 Å². The van der Waals surface area contributed by atoms with Crippen LogP contribution in [0.2, 0.25) is 0 Å². The van der Waals surface area contributed by atoms with Crippen molar-refractivity contribution in [3.8, 4) is 0 Å². The largest absolute Gasteiger partial charge is 0.358 e. The lowest BCUT2D eigenvalue weighted by molar-refractivity contribution is 0.427. The van der Waals surface area contributed by atoms with E-state index in [4.69, 9.17) is 12.2 Å². The van der Waals surface area contributed by atoms with Crippen LogP contribution in [0.1, 0.15) is 21.7 Å². The summed E-state index contributed by atoms with van der Waals surface area (Å²) < 4.78 is 0. The first-order valence-electron chi connectivity index (χ1n) is 9.81. The number of para-hydroxylation sites is 1. The Bertz CT molecular complexity index is 1110. The molecular weight excluding hydrogens is 394 g/mol. The van der Waals surface area contributed by atoms with Crippen LogP contribution in [0.4, 0.5) is 5.69 Å². The number of thiocarbonyl (C=S) groups is 1. The van der Waals surface area contributed by atoms with Gasteiger partial charge in [-0.3, -0.25) is 0 Å². The number of nitrogens with zero attached hydrogens (tertiary/aromatic N) is 1. The number of nitrogens with one attached hydrogen (secondary N) is 2. The molecule has 3 nitrogen and oxygen atoms in total. The molecule has 5 heteroatoms. The molecule has 29 heavy (non-hydrogen) atoms. The van der Waals surface area contributed by atoms with E-state index in [9.17, 15) is 0 Å². The summed E-state index contributed by atoms with van der Waals surface area (Å²) in [6.45, 7) is 5.93. The molecule has 0 aliphatic carbocycles. The van der Waals surface area contributed by atoms with Gasteiger partial charge in [0.25, 0.3) is 0 Å². The molecule has 0 amide bonds. The zero-order valence-electron chi connectivity index (χ0n) is 16.7. The lowest BCUT2D eigenvalue weighted by atomic mass is 10.1. The van der Waals surface area contributed by atoms with E-state index < -0.39 is 0 Å². The fourth-order valence-corrected chi connectivity index (χ4v) is 4.67. The molecule has 0 saturated carbocycles. The summed E-state index contributed by atoms with van der Waals surface area (Å²) in [5.41, 5.74) is 6.06. The van der Waals surface area contributed by atoms with Gasteiger partial charge in [-0.25, -0.2) is 0 Å². The summed E-state index contributed by atoms with van der Waals surface area (Å²) in [4.78, 5) is 7.09. The standard InChI is InChI=1S/C24H25N3S2/c1-17-7-5-8-19(15-17)26-24(28)27(16-20-9-6-14-29-20)13-12-21-18(2)25-23-11-4-3-10-22(21)23/h3-11,14-15,25H,12-13,16H2,1-2H3,(H,26,28). The van der Waals surface area contributed by atoms with Crippen molar-refractivity contribution in [2.45, 2.75) is 26.8 Å². The summed E-state index contributed by atoms with van der Waals surface area (Å²) in [6.07, 6.45) is 0.941. The van der Waals surface area contributed by atoms with Gasteiger partial charge in [0.2, 0.25) is 0 Å². The van der Waals surface area contributed by atoms with Crippen LogP contribution in [0, 0.1) is 13.8 Å². The predicted molar refractivity (Wildman–Crippen MR) is 129 cm³/mol. The molecule has 148 valence electrons. The van der Waals surface area contributed by atoms with Crippen molar-refractivity contribution < 1.29 is 0 Å². The molecule has 0 fully saturated rings. The van der Waals surface area contributed by atoms with Crippen molar-refractivity contribution in [3.05, 3.63) is 87.7 Å². The smallest absolute Gasteiger partial charge is 0.173 e. The van der Waals surface area contributed by atoms with E-state index in [1.807, 2.05) is 0 Å². The van der Waals surface area contributed by atoms with Gasteiger partial charge in [-0.2, -0.15) is 0 Å². The molecule has 2 heterocycles. The zero-order valence-corrected chi connectivity index (χ0v) is 18.4. The third-order valence-electron chi connectivity index (χ3n) is 5.14. The van der Waals surface area contributed by atoms with Gasteiger partial charge < -0.3 is 15.2 Å². The second-order valence-electron chi connectivity index (χ2n) is 7.32. The second-order valence-corrected chi connectivity index (χ2v) is 8.74. The van der Waals surface area contributed by atoms with E-state index in [1.54, 1.807) is 11.3 Å². The number of rotatable bonds is 6. The Labute approximate surface area is 181 Å². The van der Waals surface area contributed by atoms with Crippen LogP contribution in [-0.2, 0) is 13.0 Å². The number of H-pyrrole nitrogens is 1. The van der Waals surface area contributed by atoms with Gasteiger partial charge in [0.15, 0.2) is 5.11 Å². The van der Waals surface area contributed by atoms with Gasteiger partial charge in [-0.05, 0) is 73.3 Å². The summed E-state index contributed by atoms with van der Waals surface area (Å²) in [7, 11) is 0. The highest BCUT2D eigenvalue weighted by Crippen LogP contribution is 2.23. The number of aromatic nitrogens is 1. The number of aromatic amines is 1. The maximum atomic E-state index is 5.81. The molecule has 0 radical (unpaired) electrons. The van der Waals surface area contributed by atoms with Crippen molar-refractivity contribution in [2.24, 2.45) is 0 Å². The van der Waals surface area contributed by atoms with Crippen molar-refractivity contribution in [1.82, 2.24) is 9.88 Å². The van der Waals surface area contributed by atoms with E-state index in [2.05, 4.69) is 95.1 Å². The minimum absolute atomic E-state index is 0.765. The Morgan fingerprint density at radius 2 is 1.93 bits per heavy atom. The van der Waals surface area contributed by atoms with E-state index in [-0.39, 0.29) is 0 Å². The Kier molecular flexibility index (Phi) is 5.97. The normalized spacial score (nSPS) is 11.0. The fourth-order valence-electron chi connectivity index (χ4n) is 3.67. The van der Waals surface area contributed by atoms with E-state index in [1.165, 1.54) is 32.6 Å². The number of anilines is 1. The first kappa shape index (κ1) is 19.7. The van der Waals surface area contributed by atoms with Crippen LogP contribution in [-0.4, -0.2) is 21.5 Å². The molecule has 4 aromatic rings. The molecule has 0 saturated heterocycles. The topological polar surface area (TPSA) is 31.1 Å². The molecule has 0 bridgehead atoms. The summed E-state index contributed by atoms with van der Waals surface area (Å²) in [6, 6.07) is 21.1. The van der Waals surface area contributed by atoms with Gasteiger partial charge in [0.1, 0.15) is 0 Å².